The molecule has 6 nitrogen and oxygen atoms in total. The fraction of sp³-hybridized carbons (Fsp3) is 0.533. The fourth-order valence-corrected chi connectivity index (χ4v) is 1.92. The molecule has 22 heavy (non-hydrogen) atoms. The molecule has 2 rings (SSSR count). The van der Waals surface area contributed by atoms with Gasteiger partial charge in [-0.15, -0.1) is 0 Å². The third-order valence-corrected chi connectivity index (χ3v) is 3.11. The fourth-order valence-electron chi connectivity index (χ4n) is 1.70. The topological polar surface area (TPSA) is 70.3 Å². The molecule has 0 aliphatic carbocycles. The Kier molecular flexibility index (Phi) is 5.74. The lowest BCUT2D eigenvalue weighted by atomic mass is 10.2. The third-order valence-electron chi connectivity index (χ3n) is 2.91. The normalized spacial score (nSPS) is 12.6. The maximum Gasteiger partial charge on any atom is 0.264 e. The molecular weight excluding hydrogens is 306 g/mol. The first-order valence-corrected chi connectivity index (χ1v) is 7.52. The van der Waals surface area contributed by atoms with Gasteiger partial charge in [0.15, 0.2) is 12.4 Å². The first-order valence-electron chi connectivity index (χ1n) is 7.14. The van der Waals surface area contributed by atoms with Crippen LogP contribution >= 0.6 is 11.6 Å². The van der Waals surface area contributed by atoms with E-state index in [9.17, 15) is 0 Å². The van der Waals surface area contributed by atoms with Crippen LogP contribution in [0.5, 0.6) is 5.75 Å². The Morgan fingerprint density at radius 3 is 2.77 bits per heavy atom. The van der Waals surface area contributed by atoms with E-state index in [0.717, 1.165) is 5.56 Å². The zero-order valence-electron chi connectivity index (χ0n) is 13.2. The lowest BCUT2D eigenvalue weighted by Crippen LogP contribution is -2.08. The van der Waals surface area contributed by atoms with E-state index in [1.165, 1.54) is 0 Å². The number of nitrogens with zero attached hydrogens (tertiary/aromatic N) is 3. The molecular formula is C15H20ClN3O3. The molecule has 0 amide bonds. The van der Waals surface area contributed by atoms with Gasteiger partial charge in [-0.1, -0.05) is 30.6 Å². The lowest BCUT2D eigenvalue weighted by molar-refractivity contribution is 0.0402. The van der Waals surface area contributed by atoms with Crippen LogP contribution in [0.4, 0.5) is 0 Å². The first kappa shape index (κ1) is 16.7. The maximum absolute atomic E-state index is 5.80. The van der Waals surface area contributed by atoms with Crippen LogP contribution in [0.2, 0.25) is 5.15 Å². The molecule has 1 atom stereocenters. The standard InChI is InChI=1S/C15H20ClN3O3/c1-9(2)7-20-11(4)15-18-14(22-19-15)8-21-12-6-17-13(16)5-10(12)3/h5-6,9,11H,7-8H2,1-4H3. The van der Waals surface area contributed by atoms with E-state index >= 15 is 0 Å². The Morgan fingerprint density at radius 2 is 2.09 bits per heavy atom. The summed E-state index contributed by atoms with van der Waals surface area (Å²) in [6.07, 6.45) is 1.36. The highest BCUT2D eigenvalue weighted by atomic mass is 35.5. The lowest BCUT2D eigenvalue weighted by Gasteiger charge is -2.10. The average Bonchev–Trinajstić information content (AvgIpc) is 2.92. The number of pyridine rings is 1. The van der Waals surface area contributed by atoms with Gasteiger partial charge in [-0.05, 0) is 31.4 Å². The monoisotopic (exact) mass is 325 g/mol. The number of aryl methyl sites for hydroxylation is 1. The Labute approximate surface area is 134 Å². The second-order valence-corrected chi connectivity index (χ2v) is 5.86. The Morgan fingerprint density at radius 1 is 1.32 bits per heavy atom. The van der Waals surface area contributed by atoms with Crippen LogP contribution in [0, 0.1) is 12.8 Å². The molecule has 2 aromatic heterocycles. The molecule has 0 bridgehead atoms. The van der Waals surface area contributed by atoms with E-state index in [2.05, 4.69) is 29.0 Å². The number of hydrogen-bond donors (Lipinski definition) is 0. The molecule has 7 heteroatoms. The van der Waals surface area contributed by atoms with Gasteiger partial charge in [-0.2, -0.15) is 4.98 Å². The average molecular weight is 326 g/mol. The Bertz CT molecular complexity index is 616. The molecule has 0 N–H and O–H groups in total. The van der Waals surface area contributed by atoms with Crippen molar-refractivity contribution in [3.05, 3.63) is 34.7 Å². The van der Waals surface area contributed by atoms with E-state index in [-0.39, 0.29) is 12.7 Å². The van der Waals surface area contributed by atoms with E-state index in [4.69, 9.17) is 25.6 Å². The largest absolute Gasteiger partial charge is 0.482 e. The summed E-state index contributed by atoms with van der Waals surface area (Å²) >= 11 is 5.80. The van der Waals surface area contributed by atoms with Crippen molar-refractivity contribution in [1.29, 1.82) is 0 Å². The SMILES string of the molecule is Cc1cc(Cl)ncc1OCc1nc(C(C)OCC(C)C)no1. The van der Waals surface area contributed by atoms with Gasteiger partial charge in [0.05, 0.1) is 6.20 Å². The minimum atomic E-state index is -0.209. The molecule has 0 fully saturated rings. The zero-order chi connectivity index (χ0) is 16.1. The summed E-state index contributed by atoms with van der Waals surface area (Å²) in [5, 5.41) is 4.35. The van der Waals surface area contributed by atoms with Crippen molar-refractivity contribution in [3.63, 3.8) is 0 Å². The van der Waals surface area contributed by atoms with Gasteiger partial charge in [0.2, 0.25) is 0 Å². The number of aromatic nitrogens is 3. The maximum atomic E-state index is 5.80. The summed E-state index contributed by atoms with van der Waals surface area (Å²) < 4.78 is 16.4. The van der Waals surface area contributed by atoms with Crippen LogP contribution in [-0.2, 0) is 11.3 Å². The van der Waals surface area contributed by atoms with Gasteiger partial charge < -0.3 is 14.0 Å². The predicted octanol–water partition coefficient (Wildman–Crippen LogP) is 3.74. The highest BCUT2D eigenvalue weighted by molar-refractivity contribution is 6.29. The summed E-state index contributed by atoms with van der Waals surface area (Å²) in [7, 11) is 0. The van der Waals surface area contributed by atoms with Crippen molar-refractivity contribution in [3.8, 4) is 5.75 Å². The van der Waals surface area contributed by atoms with Crippen LogP contribution < -0.4 is 4.74 Å². The molecule has 120 valence electrons. The second kappa shape index (κ2) is 7.56. The number of halogens is 1. The summed E-state index contributed by atoms with van der Waals surface area (Å²) in [5.74, 6) is 2.00. The van der Waals surface area contributed by atoms with Gasteiger partial charge in [0, 0.05) is 6.61 Å². The molecule has 0 aliphatic heterocycles. The van der Waals surface area contributed by atoms with Crippen molar-refractivity contribution >= 4 is 11.6 Å². The van der Waals surface area contributed by atoms with Crippen LogP contribution in [-0.4, -0.2) is 21.7 Å². The molecule has 0 aromatic carbocycles. The molecule has 0 aliphatic rings. The summed E-state index contributed by atoms with van der Waals surface area (Å²) in [6, 6.07) is 1.73. The minimum Gasteiger partial charge on any atom is -0.482 e. The van der Waals surface area contributed by atoms with Gasteiger partial charge in [0.1, 0.15) is 17.0 Å². The van der Waals surface area contributed by atoms with Crippen molar-refractivity contribution in [2.75, 3.05) is 6.61 Å². The molecule has 0 radical (unpaired) electrons. The van der Waals surface area contributed by atoms with E-state index in [0.29, 0.717) is 35.1 Å². The number of rotatable bonds is 7. The van der Waals surface area contributed by atoms with Crippen LogP contribution in [0.3, 0.4) is 0 Å². The number of ether oxygens (including phenoxy) is 2. The number of hydrogen-bond acceptors (Lipinski definition) is 6. The van der Waals surface area contributed by atoms with Gasteiger partial charge in [0.25, 0.3) is 5.89 Å². The molecule has 0 saturated heterocycles. The van der Waals surface area contributed by atoms with E-state index in [1.807, 2.05) is 13.8 Å². The van der Waals surface area contributed by atoms with E-state index < -0.39 is 0 Å². The molecule has 0 spiro atoms. The second-order valence-electron chi connectivity index (χ2n) is 5.48. The van der Waals surface area contributed by atoms with Crippen molar-refractivity contribution in [1.82, 2.24) is 15.1 Å². The molecule has 2 heterocycles. The van der Waals surface area contributed by atoms with Crippen LogP contribution in [0.15, 0.2) is 16.8 Å². The van der Waals surface area contributed by atoms with Gasteiger partial charge in [-0.25, -0.2) is 4.98 Å². The zero-order valence-corrected chi connectivity index (χ0v) is 13.9. The first-order chi connectivity index (χ1) is 10.5. The van der Waals surface area contributed by atoms with Crippen molar-refractivity contribution in [2.24, 2.45) is 5.92 Å². The third kappa shape index (κ3) is 4.68. The quantitative estimate of drug-likeness (QED) is 0.722. The minimum absolute atomic E-state index is 0.175. The molecule has 2 aromatic rings. The Balaban J connectivity index is 1.91. The van der Waals surface area contributed by atoms with Gasteiger partial charge >= 0.3 is 0 Å². The molecule has 1 unspecified atom stereocenters. The van der Waals surface area contributed by atoms with E-state index in [1.54, 1.807) is 12.3 Å². The highest BCUT2D eigenvalue weighted by Gasteiger charge is 2.15. The van der Waals surface area contributed by atoms with Crippen LogP contribution in [0.1, 0.15) is 44.2 Å². The molecule has 0 saturated carbocycles. The summed E-state index contributed by atoms with van der Waals surface area (Å²) in [4.78, 5) is 8.26. The van der Waals surface area contributed by atoms with Crippen molar-refractivity contribution in [2.45, 2.75) is 40.4 Å². The van der Waals surface area contributed by atoms with Crippen molar-refractivity contribution < 1.29 is 14.0 Å². The summed E-state index contributed by atoms with van der Waals surface area (Å²) in [5.41, 5.74) is 0.897. The van der Waals surface area contributed by atoms with Gasteiger partial charge in [-0.3, -0.25) is 0 Å². The summed E-state index contributed by atoms with van der Waals surface area (Å²) in [6.45, 7) is 8.79. The highest BCUT2D eigenvalue weighted by Crippen LogP contribution is 2.20. The Hall–Kier alpha value is -1.66. The smallest absolute Gasteiger partial charge is 0.264 e. The predicted molar refractivity (Wildman–Crippen MR) is 81.8 cm³/mol. The van der Waals surface area contributed by atoms with Crippen LogP contribution in [0.25, 0.3) is 0 Å².